The second kappa shape index (κ2) is 8.53. The van der Waals surface area contributed by atoms with Crippen LogP contribution in [0.4, 0.5) is 11.5 Å². The maximum atomic E-state index is 11.1. The SMILES string of the molecule is Cc1nn(-c2ccccc2)c(N=Cc2cc([N+](=O)[O-])ccc2O)c1-c1cccc(Br)c1. The van der Waals surface area contributed by atoms with Crippen molar-refractivity contribution >= 4 is 33.6 Å². The predicted molar refractivity (Wildman–Crippen MR) is 123 cm³/mol. The van der Waals surface area contributed by atoms with Gasteiger partial charge in [0.05, 0.1) is 16.3 Å². The van der Waals surface area contributed by atoms with Gasteiger partial charge < -0.3 is 5.11 Å². The molecule has 0 spiro atoms. The highest BCUT2D eigenvalue weighted by Gasteiger charge is 2.18. The van der Waals surface area contributed by atoms with Gasteiger partial charge in [-0.25, -0.2) is 9.67 Å². The Bertz CT molecular complexity index is 1300. The van der Waals surface area contributed by atoms with Crippen molar-refractivity contribution in [2.24, 2.45) is 4.99 Å². The first kappa shape index (κ1) is 20.5. The normalized spacial score (nSPS) is 11.2. The van der Waals surface area contributed by atoms with E-state index in [4.69, 9.17) is 0 Å². The Morgan fingerprint density at radius 1 is 1.10 bits per heavy atom. The van der Waals surface area contributed by atoms with Crippen LogP contribution in [0.5, 0.6) is 5.75 Å². The predicted octanol–water partition coefficient (Wildman–Crippen LogP) is 5.97. The molecule has 8 heteroatoms. The average molecular weight is 477 g/mol. The van der Waals surface area contributed by atoms with E-state index in [1.165, 1.54) is 24.4 Å². The zero-order valence-electron chi connectivity index (χ0n) is 16.4. The number of aromatic nitrogens is 2. The van der Waals surface area contributed by atoms with Gasteiger partial charge in [-0.05, 0) is 42.8 Å². The average Bonchev–Trinajstić information content (AvgIpc) is 3.09. The lowest BCUT2D eigenvalue weighted by Crippen LogP contribution is -1.96. The van der Waals surface area contributed by atoms with Crippen LogP contribution in [0.25, 0.3) is 16.8 Å². The van der Waals surface area contributed by atoms with Gasteiger partial charge in [0.1, 0.15) is 5.75 Å². The van der Waals surface area contributed by atoms with Crippen molar-refractivity contribution in [2.75, 3.05) is 0 Å². The van der Waals surface area contributed by atoms with Crippen LogP contribution in [-0.2, 0) is 0 Å². The molecule has 0 aliphatic heterocycles. The molecule has 4 rings (SSSR count). The lowest BCUT2D eigenvalue weighted by molar-refractivity contribution is -0.384. The molecule has 0 fully saturated rings. The molecular formula is C23H17BrN4O3. The summed E-state index contributed by atoms with van der Waals surface area (Å²) in [5, 5.41) is 26.0. The number of aryl methyl sites for hydroxylation is 1. The van der Waals surface area contributed by atoms with Gasteiger partial charge in [-0.15, -0.1) is 0 Å². The number of hydrogen-bond acceptors (Lipinski definition) is 5. The molecule has 4 aromatic rings. The summed E-state index contributed by atoms with van der Waals surface area (Å²) in [5.74, 6) is 0.452. The number of nitro benzene ring substituents is 1. The summed E-state index contributed by atoms with van der Waals surface area (Å²) >= 11 is 3.50. The van der Waals surface area contributed by atoms with Gasteiger partial charge in [-0.3, -0.25) is 10.1 Å². The van der Waals surface area contributed by atoms with E-state index >= 15 is 0 Å². The molecule has 0 radical (unpaired) electrons. The number of para-hydroxylation sites is 1. The summed E-state index contributed by atoms with van der Waals surface area (Å²) in [6.07, 6.45) is 1.42. The zero-order chi connectivity index (χ0) is 22.0. The van der Waals surface area contributed by atoms with E-state index in [1.54, 1.807) is 4.68 Å². The smallest absolute Gasteiger partial charge is 0.270 e. The molecule has 154 valence electrons. The fourth-order valence-corrected chi connectivity index (χ4v) is 3.65. The van der Waals surface area contributed by atoms with E-state index in [2.05, 4.69) is 26.0 Å². The molecule has 0 aliphatic carbocycles. The number of nitrogens with zero attached hydrogens (tertiary/aromatic N) is 4. The molecule has 1 heterocycles. The number of rotatable bonds is 5. The Labute approximate surface area is 186 Å². The number of phenols is 1. The van der Waals surface area contributed by atoms with Gasteiger partial charge in [-0.2, -0.15) is 5.10 Å². The van der Waals surface area contributed by atoms with Crippen LogP contribution in [-0.4, -0.2) is 26.0 Å². The van der Waals surface area contributed by atoms with Gasteiger partial charge in [0, 0.05) is 33.9 Å². The van der Waals surface area contributed by atoms with Crippen LogP contribution >= 0.6 is 15.9 Å². The highest BCUT2D eigenvalue weighted by molar-refractivity contribution is 9.10. The van der Waals surface area contributed by atoms with Gasteiger partial charge in [0.15, 0.2) is 5.82 Å². The molecule has 0 saturated heterocycles. The molecule has 1 aromatic heterocycles. The lowest BCUT2D eigenvalue weighted by atomic mass is 10.1. The van der Waals surface area contributed by atoms with Gasteiger partial charge >= 0.3 is 0 Å². The number of non-ortho nitro benzene ring substituents is 1. The van der Waals surface area contributed by atoms with Crippen molar-refractivity contribution in [1.82, 2.24) is 9.78 Å². The topological polar surface area (TPSA) is 93.5 Å². The minimum atomic E-state index is -0.512. The molecule has 31 heavy (non-hydrogen) atoms. The molecular weight excluding hydrogens is 460 g/mol. The first-order chi connectivity index (χ1) is 14.9. The maximum absolute atomic E-state index is 11.1. The van der Waals surface area contributed by atoms with Crippen LogP contribution < -0.4 is 0 Å². The van der Waals surface area contributed by atoms with Gasteiger partial charge in [0.2, 0.25) is 0 Å². The van der Waals surface area contributed by atoms with Crippen LogP contribution in [0.3, 0.4) is 0 Å². The molecule has 0 aliphatic rings. The Morgan fingerprint density at radius 2 is 1.87 bits per heavy atom. The summed E-state index contributed by atoms with van der Waals surface area (Å²) in [6, 6.07) is 21.2. The molecule has 0 amide bonds. The van der Waals surface area contributed by atoms with E-state index in [0.29, 0.717) is 5.82 Å². The quantitative estimate of drug-likeness (QED) is 0.218. The van der Waals surface area contributed by atoms with Crippen LogP contribution in [0, 0.1) is 17.0 Å². The molecule has 0 atom stereocenters. The molecule has 7 nitrogen and oxygen atoms in total. The van der Waals surface area contributed by atoms with Crippen LogP contribution in [0.15, 0.2) is 82.3 Å². The maximum Gasteiger partial charge on any atom is 0.270 e. The molecule has 1 N–H and O–H groups in total. The number of nitro groups is 1. The van der Waals surface area contributed by atoms with Crippen LogP contribution in [0.1, 0.15) is 11.3 Å². The van der Waals surface area contributed by atoms with Gasteiger partial charge in [0.25, 0.3) is 5.69 Å². The molecule has 0 unspecified atom stereocenters. The van der Waals surface area contributed by atoms with Crippen molar-refractivity contribution in [3.05, 3.63) is 98.6 Å². The number of aliphatic imine (C=N–C) groups is 1. The number of benzene rings is 3. The monoisotopic (exact) mass is 476 g/mol. The fraction of sp³-hybridized carbons (Fsp3) is 0.0435. The number of phenolic OH excluding ortho intramolecular Hbond substituents is 1. The molecule has 0 bridgehead atoms. The molecule has 0 saturated carbocycles. The summed E-state index contributed by atoms with van der Waals surface area (Å²) in [6.45, 7) is 1.90. The second-order valence-corrected chi connectivity index (χ2v) is 7.72. The zero-order valence-corrected chi connectivity index (χ0v) is 18.0. The highest BCUT2D eigenvalue weighted by atomic mass is 79.9. The lowest BCUT2D eigenvalue weighted by Gasteiger charge is -2.07. The highest BCUT2D eigenvalue weighted by Crippen LogP contribution is 2.36. The van der Waals surface area contributed by atoms with Crippen molar-refractivity contribution in [1.29, 1.82) is 0 Å². The Kier molecular flexibility index (Phi) is 5.64. The third-order valence-electron chi connectivity index (χ3n) is 4.70. The standard InChI is InChI=1S/C23H17BrN4O3/c1-15-22(16-6-5-7-18(24)12-16)23(27(26-15)19-8-3-2-4-9-19)25-14-17-13-20(28(30)31)10-11-21(17)29/h2-14,29H,1H3. The van der Waals surface area contributed by atoms with Crippen molar-refractivity contribution < 1.29 is 10.0 Å². The summed E-state index contributed by atoms with van der Waals surface area (Å²) in [7, 11) is 0. The first-order valence-corrected chi connectivity index (χ1v) is 10.2. The molecule has 3 aromatic carbocycles. The minimum absolute atomic E-state index is 0.0964. The fourth-order valence-electron chi connectivity index (χ4n) is 3.26. The summed E-state index contributed by atoms with van der Waals surface area (Å²) < 4.78 is 2.64. The summed E-state index contributed by atoms with van der Waals surface area (Å²) in [5.41, 5.74) is 3.46. The Hall–Kier alpha value is -3.78. The second-order valence-electron chi connectivity index (χ2n) is 6.80. The van der Waals surface area contributed by atoms with Crippen molar-refractivity contribution in [2.45, 2.75) is 6.92 Å². The van der Waals surface area contributed by atoms with E-state index in [-0.39, 0.29) is 17.0 Å². The van der Waals surface area contributed by atoms with Crippen LogP contribution in [0.2, 0.25) is 0 Å². The number of aromatic hydroxyl groups is 1. The van der Waals surface area contributed by atoms with Crippen molar-refractivity contribution in [3.8, 4) is 22.6 Å². The third-order valence-corrected chi connectivity index (χ3v) is 5.19. The largest absolute Gasteiger partial charge is 0.507 e. The van der Waals surface area contributed by atoms with E-state index < -0.39 is 4.92 Å². The third kappa shape index (κ3) is 4.24. The van der Waals surface area contributed by atoms with E-state index in [0.717, 1.165) is 27.0 Å². The first-order valence-electron chi connectivity index (χ1n) is 9.36. The van der Waals surface area contributed by atoms with E-state index in [1.807, 2.05) is 61.5 Å². The van der Waals surface area contributed by atoms with Crippen molar-refractivity contribution in [3.63, 3.8) is 0 Å². The van der Waals surface area contributed by atoms with Gasteiger partial charge in [-0.1, -0.05) is 46.3 Å². The summed E-state index contributed by atoms with van der Waals surface area (Å²) in [4.78, 5) is 15.2. The number of halogens is 1. The minimum Gasteiger partial charge on any atom is -0.507 e. The number of hydrogen-bond donors (Lipinski definition) is 1. The Morgan fingerprint density at radius 3 is 2.58 bits per heavy atom. The van der Waals surface area contributed by atoms with E-state index in [9.17, 15) is 15.2 Å². The Balaban J connectivity index is 1.90.